The van der Waals surface area contributed by atoms with Crippen molar-refractivity contribution in [3.8, 4) is 0 Å². The quantitative estimate of drug-likeness (QED) is 0.867. The van der Waals surface area contributed by atoms with Crippen LogP contribution >= 0.6 is 0 Å². The standard InChI is InChI=1S/C12H13F2NO3/c13-10-8(12(16)17)1-2-9(11(10)14)15-5-7-3-4-18-6-7/h1-2,7,15H,3-6H2,(H,16,17). The molecule has 1 heterocycles. The highest BCUT2D eigenvalue weighted by molar-refractivity contribution is 5.88. The second-order valence-corrected chi connectivity index (χ2v) is 4.20. The Morgan fingerprint density at radius 3 is 2.83 bits per heavy atom. The minimum Gasteiger partial charge on any atom is -0.478 e. The summed E-state index contributed by atoms with van der Waals surface area (Å²) in [7, 11) is 0. The number of rotatable bonds is 4. The lowest BCUT2D eigenvalue weighted by Gasteiger charge is -2.12. The largest absolute Gasteiger partial charge is 0.478 e. The van der Waals surface area contributed by atoms with Crippen LogP contribution in [0.1, 0.15) is 16.8 Å². The van der Waals surface area contributed by atoms with E-state index in [2.05, 4.69) is 5.32 Å². The monoisotopic (exact) mass is 257 g/mol. The Labute approximate surface area is 103 Å². The van der Waals surface area contributed by atoms with Gasteiger partial charge >= 0.3 is 5.97 Å². The molecule has 98 valence electrons. The SMILES string of the molecule is O=C(O)c1ccc(NCC2CCOC2)c(F)c1F. The van der Waals surface area contributed by atoms with Crippen LogP contribution in [-0.2, 0) is 4.74 Å². The third kappa shape index (κ3) is 2.59. The van der Waals surface area contributed by atoms with Crippen LogP contribution in [0, 0.1) is 17.6 Å². The summed E-state index contributed by atoms with van der Waals surface area (Å²) < 4.78 is 32.1. The van der Waals surface area contributed by atoms with E-state index in [1.165, 1.54) is 6.07 Å². The lowest BCUT2D eigenvalue weighted by molar-refractivity contribution is 0.0690. The van der Waals surface area contributed by atoms with Crippen LogP contribution in [0.5, 0.6) is 0 Å². The fraction of sp³-hybridized carbons (Fsp3) is 0.417. The van der Waals surface area contributed by atoms with E-state index in [1.807, 2.05) is 0 Å². The lowest BCUT2D eigenvalue weighted by Crippen LogP contribution is -2.16. The molecular formula is C12H13F2NO3. The number of ether oxygens (including phenoxy) is 1. The zero-order valence-corrected chi connectivity index (χ0v) is 9.58. The number of hydrogen-bond donors (Lipinski definition) is 2. The summed E-state index contributed by atoms with van der Waals surface area (Å²) in [6.07, 6.45) is 0.879. The van der Waals surface area contributed by atoms with Crippen molar-refractivity contribution in [2.24, 2.45) is 5.92 Å². The molecule has 1 aromatic carbocycles. The molecule has 2 rings (SSSR count). The second kappa shape index (κ2) is 5.30. The van der Waals surface area contributed by atoms with Crippen LogP contribution < -0.4 is 5.32 Å². The molecule has 0 radical (unpaired) electrons. The maximum atomic E-state index is 13.6. The highest BCUT2D eigenvalue weighted by Crippen LogP contribution is 2.22. The van der Waals surface area contributed by atoms with Crippen molar-refractivity contribution >= 4 is 11.7 Å². The minimum absolute atomic E-state index is 0.0237. The average molecular weight is 257 g/mol. The first kappa shape index (κ1) is 12.8. The zero-order valence-electron chi connectivity index (χ0n) is 9.58. The van der Waals surface area contributed by atoms with E-state index >= 15 is 0 Å². The first-order valence-corrected chi connectivity index (χ1v) is 5.62. The highest BCUT2D eigenvalue weighted by Gasteiger charge is 2.19. The number of carboxylic acids is 1. The lowest BCUT2D eigenvalue weighted by atomic mass is 10.1. The van der Waals surface area contributed by atoms with Gasteiger partial charge in [0.1, 0.15) is 0 Å². The van der Waals surface area contributed by atoms with Crippen LogP contribution in [0.3, 0.4) is 0 Å². The molecule has 2 N–H and O–H groups in total. The molecule has 1 atom stereocenters. The first-order chi connectivity index (χ1) is 8.59. The normalized spacial score (nSPS) is 18.9. The van der Waals surface area contributed by atoms with Crippen LogP contribution in [0.15, 0.2) is 12.1 Å². The molecule has 1 aliphatic heterocycles. The number of anilines is 1. The highest BCUT2D eigenvalue weighted by atomic mass is 19.2. The van der Waals surface area contributed by atoms with Gasteiger partial charge in [0.2, 0.25) is 0 Å². The van der Waals surface area contributed by atoms with Gasteiger partial charge in [-0.2, -0.15) is 0 Å². The number of halogens is 2. The van der Waals surface area contributed by atoms with Gasteiger partial charge in [0.25, 0.3) is 0 Å². The topological polar surface area (TPSA) is 58.6 Å². The number of benzene rings is 1. The molecule has 0 aliphatic carbocycles. The van der Waals surface area contributed by atoms with E-state index in [1.54, 1.807) is 0 Å². The average Bonchev–Trinajstić information content (AvgIpc) is 2.83. The van der Waals surface area contributed by atoms with E-state index in [9.17, 15) is 13.6 Å². The molecule has 6 heteroatoms. The summed E-state index contributed by atoms with van der Waals surface area (Å²) in [5.74, 6) is -3.71. The molecule has 1 unspecified atom stereocenters. The Bertz CT molecular complexity index is 459. The van der Waals surface area contributed by atoms with Crippen molar-refractivity contribution in [2.75, 3.05) is 25.1 Å². The van der Waals surface area contributed by atoms with Crippen molar-refractivity contribution in [3.63, 3.8) is 0 Å². The van der Waals surface area contributed by atoms with Gasteiger partial charge in [-0.1, -0.05) is 0 Å². The van der Waals surface area contributed by atoms with Crippen LogP contribution in [-0.4, -0.2) is 30.8 Å². The maximum Gasteiger partial charge on any atom is 0.338 e. The number of aromatic carboxylic acids is 1. The van der Waals surface area contributed by atoms with Gasteiger partial charge < -0.3 is 15.2 Å². The molecule has 0 aromatic heterocycles. The van der Waals surface area contributed by atoms with Crippen LogP contribution in [0.4, 0.5) is 14.5 Å². The second-order valence-electron chi connectivity index (χ2n) is 4.20. The number of nitrogens with one attached hydrogen (secondary N) is 1. The summed E-state index contributed by atoms with van der Waals surface area (Å²) >= 11 is 0. The molecule has 4 nitrogen and oxygen atoms in total. The van der Waals surface area contributed by atoms with Crippen LogP contribution in [0.25, 0.3) is 0 Å². The minimum atomic E-state index is -1.48. The van der Waals surface area contributed by atoms with E-state index in [4.69, 9.17) is 9.84 Å². The molecule has 0 saturated carbocycles. The third-order valence-electron chi connectivity index (χ3n) is 2.92. The van der Waals surface area contributed by atoms with E-state index in [0.717, 1.165) is 12.5 Å². The molecular weight excluding hydrogens is 244 g/mol. The Hall–Kier alpha value is -1.69. The van der Waals surface area contributed by atoms with Crippen molar-refractivity contribution in [3.05, 3.63) is 29.3 Å². The Kier molecular flexibility index (Phi) is 3.76. The van der Waals surface area contributed by atoms with Crippen LogP contribution in [0.2, 0.25) is 0 Å². The smallest absolute Gasteiger partial charge is 0.338 e. The predicted octanol–water partition coefficient (Wildman–Crippen LogP) is 2.11. The molecule has 0 amide bonds. The van der Waals surface area contributed by atoms with Gasteiger partial charge in [-0.25, -0.2) is 13.6 Å². The fourth-order valence-electron chi connectivity index (χ4n) is 1.85. The number of carbonyl (C=O) groups is 1. The zero-order chi connectivity index (χ0) is 13.1. The Balaban J connectivity index is 2.09. The Morgan fingerprint density at radius 2 is 2.22 bits per heavy atom. The van der Waals surface area contributed by atoms with Gasteiger partial charge in [0, 0.05) is 19.1 Å². The molecule has 0 spiro atoms. The fourth-order valence-corrected chi connectivity index (χ4v) is 1.85. The molecule has 1 aromatic rings. The summed E-state index contributed by atoms with van der Waals surface area (Å²) in [4.78, 5) is 10.6. The summed E-state index contributed by atoms with van der Waals surface area (Å²) in [6, 6.07) is 2.28. The molecule has 1 aliphatic rings. The van der Waals surface area contributed by atoms with Crippen molar-refractivity contribution in [2.45, 2.75) is 6.42 Å². The summed E-state index contributed by atoms with van der Waals surface area (Å²) in [5.41, 5.74) is -0.688. The predicted molar refractivity (Wildman–Crippen MR) is 60.7 cm³/mol. The van der Waals surface area contributed by atoms with Crippen molar-refractivity contribution in [1.29, 1.82) is 0 Å². The summed E-state index contributed by atoms with van der Waals surface area (Å²) in [6.45, 7) is 1.76. The van der Waals surface area contributed by atoms with Gasteiger partial charge in [-0.05, 0) is 18.6 Å². The maximum absolute atomic E-state index is 13.6. The van der Waals surface area contributed by atoms with Crippen molar-refractivity contribution < 1.29 is 23.4 Å². The third-order valence-corrected chi connectivity index (χ3v) is 2.92. The molecule has 1 fully saturated rings. The first-order valence-electron chi connectivity index (χ1n) is 5.62. The number of carboxylic acid groups (broad SMARTS) is 1. The number of hydrogen-bond acceptors (Lipinski definition) is 3. The van der Waals surface area contributed by atoms with Gasteiger partial charge in [-0.15, -0.1) is 0 Å². The van der Waals surface area contributed by atoms with E-state index in [-0.39, 0.29) is 11.6 Å². The molecule has 0 bridgehead atoms. The van der Waals surface area contributed by atoms with E-state index in [0.29, 0.717) is 19.8 Å². The van der Waals surface area contributed by atoms with Gasteiger partial charge in [-0.3, -0.25) is 0 Å². The Morgan fingerprint density at radius 1 is 1.44 bits per heavy atom. The summed E-state index contributed by atoms with van der Waals surface area (Å²) in [5, 5.41) is 11.4. The van der Waals surface area contributed by atoms with Gasteiger partial charge in [0.05, 0.1) is 17.9 Å². The van der Waals surface area contributed by atoms with Crippen molar-refractivity contribution in [1.82, 2.24) is 0 Å². The molecule has 1 saturated heterocycles. The van der Waals surface area contributed by atoms with Gasteiger partial charge in [0.15, 0.2) is 11.6 Å². The molecule has 18 heavy (non-hydrogen) atoms. The van der Waals surface area contributed by atoms with E-state index < -0.39 is 23.2 Å².